The van der Waals surface area contributed by atoms with Crippen LogP contribution in [0.3, 0.4) is 0 Å². The molecule has 3 aromatic carbocycles. The molecule has 1 nitrogen and oxygen atoms in total. The molecule has 4 aliphatic rings. The van der Waals surface area contributed by atoms with Crippen molar-refractivity contribution in [2.75, 3.05) is 11.9 Å². The maximum Gasteiger partial charge on any atom is 0.123 e. The lowest BCUT2D eigenvalue weighted by Crippen LogP contribution is -2.58. The van der Waals surface area contributed by atoms with Crippen LogP contribution >= 0.6 is 0 Å². The van der Waals surface area contributed by atoms with Gasteiger partial charge in [0.05, 0.1) is 0 Å². The van der Waals surface area contributed by atoms with Gasteiger partial charge >= 0.3 is 0 Å². The zero-order valence-corrected chi connectivity index (χ0v) is 17.3. The molecule has 0 saturated heterocycles. The summed E-state index contributed by atoms with van der Waals surface area (Å²) < 4.78 is 13.4. The summed E-state index contributed by atoms with van der Waals surface area (Å²) in [4.78, 5) is 2.17. The Morgan fingerprint density at radius 1 is 0.800 bits per heavy atom. The third kappa shape index (κ3) is 2.02. The average molecular weight is 396 g/mol. The first-order valence-corrected chi connectivity index (χ1v) is 11.4. The quantitative estimate of drug-likeness (QED) is 0.441. The van der Waals surface area contributed by atoms with Crippen molar-refractivity contribution in [1.82, 2.24) is 0 Å². The molecule has 0 aromatic heterocycles. The predicted molar refractivity (Wildman–Crippen MR) is 120 cm³/mol. The number of hydrogen-bond acceptors (Lipinski definition) is 1. The number of fused-ring (bicyclic) bond motifs is 6. The third-order valence-electron chi connectivity index (χ3n) is 9.13. The summed E-state index contributed by atoms with van der Waals surface area (Å²) in [7, 11) is 2.08. The number of benzene rings is 3. The van der Waals surface area contributed by atoms with E-state index in [0.717, 1.165) is 29.4 Å². The summed E-state index contributed by atoms with van der Waals surface area (Å²) in [6.45, 7) is 0. The second kappa shape index (κ2) is 5.75. The van der Waals surface area contributed by atoms with E-state index in [2.05, 4.69) is 54.4 Å². The van der Waals surface area contributed by atoms with Crippen LogP contribution in [0, 0.1) is 23.1 Å². The lowest BCUT2D eigenvalue weighted by Gasteiger charge is -2.67. The Balaban J connectivity index is 1.40. The largest absolute Gasteiger partial charge is 0.345 e. The van der Waals surface area contributed by atoms with E-state index in [1.807, 2.05) is 12.1 Å². The van der Waals surface area contributed by atoms with Crippen LogP contribution in [0.1, 0.15) is 48.6 Å². The molecule has 3 fully saturated rings. The van der Waals surface area contributed by atoms with Gasteiger partial charge in [-0.3, -0.25) is 0 Å². The van der Waals surface area contributed by atoms with Gasteiger partial charge in [0, 0.05) is 18.4 Å². The maximum absolute atomic E-state index is 13.4. The summed E-state index contributed by atoms with van der Waals surface area (Å²) in [6.07, 6.45) is 5.64. The fourth-order valence-corrected chi connectivity index (χ4v) is 7.68. The molecule has 5 atom stereocenters. The molecular formula is C28H26FN. The van der Waals surface area contributed by atoms with Crippen LogP contribution in [0.2, 0.25) is 0 Å². The second-order valence-electron chi connectivity index (χ2n) is 10.1. The molecule has 2 heteroatoms. The zero-order valence-electron chi connectivity index (χ0n) is 17.3. The number of hydrogen-bond donors (Lipinski definition) is 0. The molecule has 4 aliphatic carbocycles. The van der Waals surface area contributed by atoms with Crippen LogP contribution in [-0.4, -0.2) is 7.05 Å². The van der Waals surface area contributed by atoms with E-state index in [4.69, 9.17) is 0 Å². The van der Waals surface area contributed by atoms with E-state index in [-0.39, 0.29) is 5.82 Å². The molecule has 3 aromatic rings. The third-order valence-corrected chi connectivity index (χ3v) is 9.13. The van der Waals surface area contributed by atoms with Gasteiger partial charge in [0.1, 0.15) is 5.82 Å². The summed E-state index contributed by atoms with van der Waals surface area (Å²) in [6, 6.07) is 23.0. The number of halogens is 1. The van der Waals surface area contributed by atoms with Crippen molar-refractivity contribution in [3.05, 3.63) is 83.7 Å². The van der Waals surface area contributed by atoms with Crippen molar-refractivity contribution in [2.45, 2.75) is 37.5 Å². The Morgan fingerprint density at radius 3 is 2.40 bits per heavy atom. The highest BCUT2D eigenvalue weighted by atomic mass is 19.1. The molecule has 2 bridgehead atoms. The van der Waals surface area contributed by atoms with Crippen LogP contribution in [-0.2, 0) is 0 Å². The highest BCUT2D eigenvalue weighted by Gasteiger charge is 2.70. The van der Waals surface area contributed by atoms with Crippen LogP contribution in [0.4, 0.5) is 15.8 Å². The lowest BCUT2D eigenvalue weighted by molar-refractivity contribution is -0.144. The molecule has 0 amide bonds. The van der Waals surface area contributed by atoms with E-state index in [0.29, 0.717) is 5.41 Å². The van der Waals surface area contributed by atoms with E-state index < -0.39 is 0 Å². The molecule has 0 heterocycles. The van der Waals surface area contributed by atoms with Crippen molar-refractivity contribution in [2.24, 2.45) is 17.3 Å². The van der Waals surface area contributed by atoms with Gasteiger partial charge in [0.25, 0.3) is 0 Å². The molecular weight excluding hydrogens is 369 g/mol. The Labute approximate surface area is 177 Å². The first kappa shape index (κ1) is 17.1. The van der Waals surface area contributed by atoms with Gasteiger partial charge in [-0.05, 0) is 113 Å². The molecule has 5 unspecified atom stereocenters. The Hall–Kier alpha value is -2.61. The molecule has 150 valence electrons. The zero-order chi connectivity index (χ0) is 20.0. The van der Waals surface area contributed by atoms with Crippen LogP contribution in [0.5, 0.6) is 0 Å². The van der Waals surface area contributed by atoms with E-state index >= 15 is 0 Å². The van der Waals surface area contributed by atoms with Crippen LogP contribution in [0.15, 0.2) is 66.7 Å². The number of nitrogens with zero attached hydrogens (tertiary/aromatic N) is 1. The van der Waals surface area contributed by atoms with Crippen LogP contribution in [0.25, 0.3) is 11.1 Å². The average Bonchev–Trinajstić information content (AvgIpc) is 3.13. The number of rotatable bonds is 2. The molecule has 0 radical (unpaired) electrons. The summed E-state index contributed by atoms with van der Waals surface area (Å²) in [5.74, 6) is 3.18. The minimum absolute atomic E-state index is 0.191. The second-order valence-corrected chi connectivity index (χ2v) is 10.1. The van der Waals surface area contributed by atoms with Crippen molar-refractivity contribution < 1.29 is 4.39 Å². The van der Waals surface area contributed by atoms with Gasteiger partial charge in [-0.2, -0.15) is 0 Å². The highest BCUT2D eigenvalue weighted by molar-refractivity contribution is 5.78. The van der Waals surface area contributed by atoms with E-state index in [1.165, 1.54) is 54.6 Å². The molecule has 7 rings (SSSR count). The van der Waals surface area contributed by atoms with Gasteiger partial charge < -0.3 is 4.90 Å². The van der Waals surface area contributed by atoms with Gasteiger partial charge in [0.2, 0.25) is 0 Å². The minimum Gasteiger partial charge on any atom is -0.345 e. The fourth-order valence-electron chi connectivity index (χ4n) is 7.68. The van der Waals surface area contributed by atoms with E-state index in [9.17, 15) is 4.39 Å². The molecule has 0 aliphatic heterocycles. The van der Waals surface area contributed by atoms with Crippen molar-refractivity contribution in [1.29, 1.82) is 0 Å². The molecule has 1 spiro atoms. The first-order valence-electron chi connectivity index (χ1n) is 11.4. The normalized spacial score (nSPS) is 31.9. The summed E-state index contributed by atoms with van der Waals surface area (Å²) >= 11 is 0. The lowest BCUT2D eigenvalue weighted by atomic mass is 9.37. The van der Waals surface area contributed by atoms with Gasteiger partial charge in [0.15, 0.2) is 0 Å². The maximum atomic E-state index is 13.4. The first-order chi connectivity index (χ1) is 14.6. The molecule has 0 N–H and O–H groups in total. The predicted octanol–water partition coefficient (Wildman–Crippen LogP) is 7.26. The standard InChI is InChI=1S/C28H26FN/c1-30(21-8-6-20(29)7-9-21)22-10-11-25-26(15-22)24-5-3-2-4-23(24)17-12-18-13-19-14-27(25)28(18,19)16-17/h2-11,15,17-19,27H,12-14,16H2,1H3. The summed E-state index contributed by atoms with van der Waals surface area (Å²) in [5, 5.41) is 0. The smallest absolute Gasteiger partial charge is 0.123 e. The van der Waals surface area contributed by atoms with Gasteiger partial charge in [-0.25, -0.2) is 4.39 Å². The topological polar surface area (TPSA) is 3.24 Å². The van der Waals surface area contributed by atoms with Crippen molar-refractivity contribution in [3.8, 4) is 11.1 Å². The van der Waals surface area contributed by atoms with E-state index in [1.54, 1.807) is 11.1 Å². The Bertz CT molecular complexity index is 1170. The SMILES string of the molecule is CN(c1ccc(F)cc1)c1ccc2c(c1)-c1ccccc1C1CC3CC4CC2C34C1. The Morgan fingerprint density at radius 2 is 1.57 bits per heavy atom. The molecule has 3 saturated carbocycles. The highest BCUT2D eigenvalue weighted by Crippen LogP contribution is 2.80. The Kier molecular flexibility index (Phi) is 3.28. The van der Waals surface area contributed by atoms with Crippen molar-refractivity contribution >= 4 is 11.4 Å². The summed E-state index contributed by atoms with van der Waals surface area (Å²) in [5.41, 5.74) is 8.77. The fraction of sp³-hybridized carbons (Fsp3) is 0.357. The van der Waals surface area contributed by atoms with Gasteiger partial charge in [-0.15, -0.1) is 0 Å². The minimum atomic E-state index is -0.191. The number of anilines is 2. The molecule has 30 heavy (non-hydrogen) atoms. The van der Waals surface area contributed by atoms with Crippen molar-refractivity contribution in [3.63, 3.8) is 0 Å². The van der Waals surface area contributed by atoms with Gasteiger partial charge in [-0.1, -0.05) is 30.3 Å². The monoisotopic (exact) mass is 395 g/mol. The van der Waals surface area contributed by atoms with Crippen LogP contribution < -0.4 is 4.90 Å².